The number of thiophene rings is 2. The third kappa shape index (κ3) is 11.5. The van der Waals surface area contributed by atoms with E-state index in [1.165, 1.54) is 15.3 Å². The van der Waals surface area contributed by atoms with Crippen LogP contribution in [0.2, 0.25) is 0 Å². The number of fused-ring (bicyclic) bond motifs is 1. The van der Waals surface area contributed by atoms with Crippen LogP contribution in [0.15, 0.2) is 41.8 Å². The quantitative estimate of drug-likeness (QED) is 0.0789. The summed E-state index contributed by atoms with van der Waals surface area (Å²) in [6.07, 6.45) is 6.96. The number of aryl methyl sites for hydroxylation is 1. The zero-order valence-electron chi connectivity index (χ0n) is 30.5. The number of carbonyl (C=O) groups is 3. The SMILES string of the molecule is CCCNC(=O)CPCC(=O)NC(C)(C)CC(C)(C)C(=O)Oc1c(-c2ccc(C)s2)ccc2c1CCC(N(CCC)CCc1cccs1)C2. The third-order valence-corrected chi connectivity index (χ3v) is 12.2. The molecule has 0 fully saturated rings. The molecule has 2 heterocycles. The minimum atomic E-state index is -0.860. The van der Waals surface area contributed by atoms with Crippen molar-refractivity contribution in [1.82, 2.24) is 15.5 Å². The Morgan fingerprint density at radius 3 is 2.45 bits per heavy atom. The fraction of sp³-hybridized carbons (Fsp3) is 0.564. The lowest BCUT2D eigenvalue weighted by atomic mass is 9.80. The monoisotopic (exact) mass is 725 g/mol. The molecule has 10 heteroatoms. The number of rotatable bonds is 18. The number of benzene rings is 1. The van der Waals surface area contributed by atoms with Crippen molar-refractivity contribution < 1.29 is 19.1 Å². The van der Waals surface area contributed by atoms with Gasteiger partial charge in [-0.05, 0) is 127 Å². The van der Waals surface area contributed by atoms with Crippen molar-refractivity contribution >= 4 is 49.0 Å². The van der Waals surface area contributed by atoms with E-state index in [0.717, 1.165) is 67.6 Å². The lowest BCUT2D eigenvalue weighted by Crippen LogP contribution is -2.49. The minimum absolute atomic E-state index is 0.0146. The van der Waals surface area contributed by atoms with Gasteiger partial charge < -0.3 is 15.4 Å². The molecule has 2 amide bonds. The van der Waals surface area contributed by atoms with E-state index < -0.39 is 11.0 Å². The fourth-order valence-electron chi connectivity index (χ4n) is 6.97. The van der Waals surface area contributed by atoms with Crippen LogP contribution in [-0.2, 0) is 33.6 Å². The maximum Gasteiger partial charge on any atom is 0.317 e. The van der Waals surface area contributed by atoms with Crippen LogP contribution < -0.4 is 15.4 Å². The molecule has 2 aromatic heterocycles. The predicted molar refractivity (Wildman–Crippen MR) is 208 cm³/mol. The van der Waals surface area contributed by atoms with Crippen LogP contribution in [0.4, 0.5) is 0 Å². The number of esters is 1. The first-order valence-electron chi connectivity index (χ1n) is 17.8. The molecule has 0 saturated heterocycles. The highest BCUT2D eigenvalue weighted by Gasteiger charge is 2.38. The van der Waals surface area contributed by atoms with Crippen LogP contribution in [-0.4, -0.2) is 66.2 Å². The number of amides is 2. The lowest BCUT2D eigenvalue weighted by Gasteiger charge is -2.37. The molecular weight excluding hydrogens is 670 g/mol. The van der Waals surface area contributed by atoms with Gasteiger partial charge in [0.05, 0.1) is 5.41 Å². The smallest absolute Gasteiger partial charge is 0.317 e. The molecule has 0 saturated carbocycles. The summed E-state index contributed by atoms with van der Waals surface area (Å²) in [4.78, 5) is 45.2. The third-order valence-electron chi connectivity index (χ3n) is 9.05. The normalized spacial score (nSPS) is 15.1. The summed E-state index contributed by atoms with van der Waals surface area (Å²) in [5, 5.41) is 8.12. The predicted octanol–water partition coefficient (Wildman–Crippen LogP) is 8.02. The first-order valence-corrected chi connectivity index (χ1v) is 20.9. The van der Waals surface area contributed by atoms with Gasteiger partial charge in [-0.25, -0.2) is 0 Å². The summed E-state index contributed by atoms with van der Waals surface area (Å²) in [5.41, 5.74) is 1.89. The molecule has 0 spiro atoms. The Morgan fingerprint density at radius 1 is 1.00 bits per heavy atom. The molecule has 3 aromatic rings. The van der Waals surface area contributed by atoms with Crippen LogP contribution in [0.3, 0.4) is 0 Å². The second kappa shape index (κ2) is 18.1. The number of hydrogen-bond donors (Lipinski definition) is 2. The lowest BCUT2D eigenvalue weighted by molar-refractivity contribution is -0.145. The van der Waals surface area contributed by atoms with E-state index in [-0.39, 0.29) is 32.5 Å². The molecule has 1 aliphatic carbocycles. The fourth-order valence-corrected chi connectivity index (χ4v) is 9.35. The van der Waals surface area contributed by atoms with Gasteiger partial charge in [0, 0.05) is 57.2 Å². The van der Waals surface area contributed by atoms with E-state index in [9.17, 15) is 14.4 Å². The van der Waals surface area contributed by atoms with Gasteiger partial charge in [0.25, 0.3) is 0 Å². The maximum atomic E-state index is 14.1. The molecule has 0 bridgehead atoms. The van der Waals surface area contributed by atoms with Gasteiger partial charge in [0.2, 0.25) is 11.8 Å². The van der Waals surface area contributed by atoms with E-state index >= 15 is 0 Å². The molecule has 1 aromatic carbocycles. The number of nitrogens with zero attached hydrogens (tertiary/aromatic N) is 1. The highest BCUT2D eigenvalue weighted by atomic mass is 32.1. The van der Waals surface area contributed by atoms with Crippen molar-refractivity contribution in [2.75, 3.05) is 32.0 Å². The summed E-state index contributed by atoms with van der Waals surface area (Å²) in [5.74, 6) is 0.281. The molecule has 0 radical (unpaired) electrons. The van der Waals surface area contributed by atoms with E-state index in [1.807, 2.05) is 46.0 Å². The van der Waals surface area contributed by atoms with Crippen LogP contribution >= 0.6 is 31.3 Å². The van der Waals surface area contributed by atoms with Gasteiger partial charge in [-0.15, -0.1) is 31.3 Å². The zero-order valence-corrected chi connectivity index (χ0v) is 33.1. The van der Waals surface area contributed by atoms with Crippen LogP contribution in [0.5, 0.6) is 5.75 Å². The number of carbonyl (C=O) groups excluding carboxylic acids is 3. The second-order valence-corrected chi connectivity index (χ2v) is 18.1. The average molecular weight is 726 g/mol. The molecule has 2 atom stereocenters. The summed E-state index contributed by atoms with van der Waals surface area (Å²) < 4.78 is 6.49. The summed E-state index contributed by atoms with van der Waals surface area (Å²) in [6.45, 7) is 16.9. The summed E-state index contributed by atoms with van der Waals surface area (Å²) in [7, 11) is 0.216. The Morgan fingerprint density at radius 2 is 1.78 bits per heavy atom. The van der Waals surface area contributed by atoms with Gasteiger partial charge in [-0.3, -0.25) is 19.3 Å². The molecule has 1 aliphatic rings. The number of ether oxygens (including phenoxy) is 1. The van der Waals surface area contributed by atoms with E-state index in [0.29, 0.717) is 30.9 Å². The highest BCUT2D eigenvalue weighted by Crippen LogP contribution is 2.43. The van der Waals surface area contributed by atoms with E-state index in [4.69, 9.17) is 4.74 Å². The van der Waals surface area contributed by atoms with Gasteiger partial charge in [-0.2, -0.15) is 0 Å². The summed E-state index contributed by atoms with van der Waals surface area (Å²) >= 11 is 3.55. The topological polar surface area (TPSA) is 87.7 Å². The first-order chi connectivity index (χ1) is 23.3. The van der Waals surface area contributed by atoms with Gasteiger partial charge >= 0.3 is 5.97 Å². The van der Waals surface area contributed by atoms with E-state index in [1.54, 1.807) is 11.3 Å². The van der Waals surface area contributed by atoms with E-state index in [2.05, 4.69) is 71.2 Å². The molecule has 2 N–H and O–H groups in total. The van der Waals surface area contributed by atoms with Crippen molar-refractivity contribution in [3.8, 4) is 16.2 Å². The maximum absolute atomic E-state index is 14.1. The average Bonchev–Trinajstić information content (AvgIpc) is 3.73. The van der Waals surface area contributed by atoms with Crippen molar-refractivity contribution in [2.24, 2.45) is 5.41 Å². The summed E-state index contributed by atoms with van der Waals surface area (Å²) in [6, 6.07) is 13.5. The van der Waals surface area contributed by atoms with Crippen molar-refractivity contribution in [1.29, 1.82) is 0 Å². The minimum Gasteiger partial charge on any atom is -0.425 e. The van der Waals surface area contributed by atoms with Gasteiger partial charge in [0.15, 0.2) is 0 Å². The second-order valence-electron chi connectivity index (χ2n) is 14.6. The Kier molecular flexibility index (Phi) is 14.5. The number of nitrogens with one attached hydrogen (secondary N) is 2. The van der Waals surface area contributed by atoms with Crippen LogP contribution in [0.1, 0.15) is 88.1 Å². The van der Waals surface area contributed by atoms with Crippen LogP contribution in [0, 0.1) is 12.3 Å². The first kappa shape index (κ1) is 39.2. The number of hydrogen-bond acceptors (Lipinski definition) is 7. The highest BCUT2D eigenvalue weighted by molar-refractivity contribution is 7.40. The Bertz CT molecular complexity index is 1550. The Labute approximate surface area is 303 Å². The molecular formula is C39H56N3O4PS2. The van der Waals surface area contributed by atoms with Crippen molar-refractivity contribution in [2.45, 2.75) is 105 Å². The zero-order chi connectivity index (χ0) is 35.6. The Hall–Kier alpha value is -2.58. The largest absolute Gasteiger partial charge is 0.425 e. The molecule has 0 aliphatic heterocycles. The van der Waals surface area contributed by atoms with Crippen LogP contribution in [0.25, 0.3) is 10.4 Å². The molecule has 4 rings (SSSR count). The van der Waals surface area contributed by atoms with Gasteiger partial charge in [-0.1, -0.05) is 26.0 Å². The van der Waals surface area contributed by atoms with Crippen molar-refractivity contribution in [3.63, 3.8) is 0 Å². The van der Waals surface area contributed by atoms with Crippen molar-refractivity contribution in [3.05, 3.63) is 62.7 Å². The standard InChI is InChI=1S/C39H56N3O4PS2/c1-8-19-40-34(43)24-47-25-35(44)41-39(6,7)26-38(4,5)37(45)46-36-31-16-14-29(42(20-9-2)21-18-30-11-10-22-48-30)23-28(31)13-15-32(36)33-17-12-27(3)49-33/h10-13,15,17,22,29,47H,8-9,14,16,18-21,23-26H2,1-7H3,(H,40,43)(H,41,44). The molecule has 7 nitrogen and oxygen atoms in total. The Balaban J connectivity index is 1.48. The molecule has 2 unspecified atom stereocenters. The molecule has 49 heavy (non-hydrogen) atoms. The molecule has 268 valence electrons. The van der Waals surface area contributed by atoms with Gasteiger partial charge in [0.1, 0.15) is 5.75 Å².